The highest BCUT2D eigenvalue weighted by Crippen LogP contribution is 2.35. The number of carbonyl (C=O) groups is 2. The number of para-hydroxylation sites is 1. The number of anilines is 1. The Morgan fingerprint density at radius 2 is 1.78 bits per heavy atom. The number of aromatic nitrogens is 3. The van der Waals surface area contributed by atoms with E-state index in [1.165, 1.54) is 27.8 Å². The van der Waals surface area contributed by atoms with Crippen molar-refractivity contribution in [3.05, 3.63) is 114 Å². The van der Waals surface area contributed by atoms with Crippen LogP contribution in [-0.2, 0) is 22.7 Å². The lowest BCUT2D eigenvalue weighted by Gasteiger charge is -2.32. The second-order valence-electron chi connectivity index (χ2n) is 9.70. The van der Waals surface area contributed by atoms with Crippen LogP contribution in [-0.4, -0.2) is 38.5 Å². The molecule has 206 valence electrons. The first kappa shape index (κ1) is 26.0. The standard InChI is InChI=1S/C31H26FN5O4/c1-20-7-2-3-8-22(20)17-36(29(38)18-37-26-12-5-4-11-25(26)34-35-37)30(21-9-6-10-23(32)15-21)31(39)33-24-13-14-27-28(16-24)41-19-40-27/h2-16,30H,17-19H2,1H3,(H,33,39). The van der Waals surface area contributed by atoms with Crippen molar-refractivity contribution in [1.82, 2.24) is 19.9 Å². The lowest BCUT2D eigenvalue weighted by Crippen LogP contribution is -2.42. The average Bonchev–Trinajstić information content (AvgIpc) is 3.60. The molecule has 0 saturated heterocycles. The molecule has 9 nitrogen and oxygen atoms in total. The number of ether oxygens (including phenoxy) is 2. The van der Waals surface area contributed by atoms with E-state index in [0.717, 1.165) is 11.1 Å². The molecule has 1 unspecified atom stereocenters. The summed E-state index contributed by atoms with van der Waals surface area (Å²) in [4.78, 5) is 29.6. The molecule has 0 fully saturated rings. The van der Waals surface area contributed by atoms with Crippen LogP contribution in [0.25, 0.3) is 11.0 Å². The van der Waals surface area contributed by atoms with E-state index in [4.69, 9.17) is 9.47 Å². The van der Waals surface area contributed by atoms with Crippen LogP contribution in [0.1, 0.15) is 22.7 Å². The predicted octanol–water partition coefficient (Wildman–Crippen LogP) is 5.02. The monoisotopic (exact) mass is 551 g/mol. The van der Waals surface area contributed by atoms with Crippen LogP contribution in [0, 0.1) is 12.7 Å². The Bertz CT molecular complexity index is 1750. The number of fused-ring (bicyclic) bond motifs is 2. The number of benzene rings is 4. The van der Waals surface area contributed by atoms with E-state index in [-0.39, 0.29) is 25.8 Å². The van der Waals surface area contributed by atoms with Crippen molar-refractivity contribution in [3.63, 3.8) is 0 Å². The van der Waals surface area contributed by atoms with Crippen molar-refractivity contribution in [2.45, 2.75) is 26.1 Å². The third-order valence-electron chi connectivity index (χ3n) is 6.99. The number of aryl methyl sites for hydroxylation is 1. The molecule has 1 aromatic heterocycles. The van der Waals surface area contributed by atoms with E-state index in [1.807, 2.05) is 55.5 Å². The van der Waals surface area contributed by atoms with E-state index in [1.54, 1.807) is 24.3 Å². The van der Waals surface area contributed by atoms with Crippen molar-refractivity contribution < 1.29 is 23.5 Å². The highest BCUT2D eigenvalue weighted by Gasteiger charge is 2.33. The predicted molar refractivity (Wildman–Crippen MR) is 150 cm³/mol. The number of carbonyl (C=O) groups excluding carboxylic acids is 2. The van der Waals surface area contributed by atoms with Crippen LogP contribution in [0.4, 0.5) is 10.1 Å². The number of nitrogens with one attached hydrogen (secondary N) is 1. The molecule has 1 atom stereocenters. The minimum atomic E-state index is -1.17. The fraction of sp³-hybridized carbons (Fsp3) is 0.161. The summed E-state index contributed by atoms with van der Waals surface area (Å²) >= 11 is 0. The van der Waals surface area contributed by atoms with Crippen LogP contribution < -0.4 is 14.8 Å². The smallest absolute Gasteiger partial charge is 0.251 e. The molecular weight excluding hydrogens is 525 g/mol. The molecule has 4 aromatic carbocycles. The average molecular weight is 552 g/mol. The van der Waals surface area contributed by atoms with Crippen LogP contribution in [0.15, 0.2) is 91.0 Å². The quantitative estimate of drug-likeness (QED) is 0.291. The van der Waals surface area contributed by atoms with E-state index in [2.05, 4.69) is 15.6 Å². The van der Waals surface area contributed by atoms with Crippen LogP contribution in [0.5, 0.6) is 11.5 Å². The molecule has 0 radical (unpaired) electrons. The Labute approximate surface area is 235 Å². The van der Waals surface area contributed by atoms with E-state index < -0.39 is 17.8 Å². The maximum Gasteiger partial charge on any atom is 0.251 e. The van der Waals surface area contributed by atoms with Crippen LogP contribution in [0.3, 0.4) is 0 Å². The highest BCUT2D eigenvalue weighted by atomic mass is 19.1. The van der Waals surface area contributed by atoms with Gasteiger partial charge < -0.3 is 19.7 Å². The molecule has 10 heteroatoms. The molecule has 2 amide bonds. The molecule has 2 heterocycles. The molecule has 0 saturated carbocycles. The normalized spacial score (nSPS) is 12.7. The fourth-order valence-corrected chi connectivity index (χ4v) is 4.88. The Hall–Kier alpha value is -5.25. The summed E-state index contributed by atoms with van der Waals surface area (Å²) < 4.78 is 26.8. The number of nitrogens with zero attached hydrogens (tertiary/aromatic N) is 4. The third-order valence-corrected chi connectivity index (χ3v) is 6.99. The topological polar surface area (TPSA) is 98.6 Å². The van der Waals surface area contributed by atoms with Crippen molar-refractivity contribution in [3.8, 4) is 11.5 Å². The van der Waals surface area contributed by atoms with Gasteiger partial charge in [-0.05, 0) is 60.0 Å². The molecule has 5 aromatic rings. The first-order valence-electron chi connectivity index (χ1n) is 13.0. The van der Waals surface area contributed by atoms with Gasteiger partial charge >= 0.3 is 0 Å². The molecule has 1 N–H and O–H groups in total. The van der Waals surface area contributed by atoms with Crippen LogP contribution in [0.2, 0.25) is 0 Å². The minimum Gasteiger partial charge on any atom is -0.454 e. The SMILES string of the molecule is Cc1ccccc1CN(C(=O)Cn1nnc2ccccc21)C(C(=O)Nc1ccc2c(c1)OCO2)c1cccc(F)c1. The zero-order valence-electron chi connectivity index (χ0n) is 22.2. The van der Waals surface area contributed by atoms with Gasteiger partial charge in [0.25, 0.3) is 5.91 Å². The zero-order chi connectivity index (χ0) is 28.3. The zero-order valence-corrected chi connectivity index (χ0v) is 22.2. The lowest BCUT2D eigenvalue weighted by molar-refractivity contribution is -0.140. The van der Waals surface area contributed by atoms with E-state index in [9.17, 15) is 14.0 Å². The van der Waals surface area contributed by atoms with Crippen molar-refractivity contribution in [2.24, 2.45) is 0 Å². The van der Waals surface area contributed by atoms with Gasteiger partial charge in [-0.3, -0.25) is 9.59 Å². The summed E-state index contributed by atoms with van der Waals surface area (Å²) in [5.74, 6) is -0.357. The number of rotatable bonds is 8. The van der Waals surface area contributed by atoms with Gasteiger partial charge in [-0.15, -0.1) is 5.10 Å². The Morgan fingerprint density at radius 1 is 0.976 bits per heavy atom. The summed E-state index contributed by atoms with van der Waals surface area (Å²) in [6.45, 7) is 1.96. The Kier molecular flexibility index (Phi) is 7.03. The summed E-state index contributed by atoms with van der Waals surface area (Å²) in [5.41, 5.74) is 3.91. The minimum absolute atomic E-state index is 0.0916. The summed E-state index contributed by atoms with van der Waals surface area (Å²) in [5, 5.41) is 11.2. The Balaban J connectivity index is 1.40. The second kappa shape index (κ2) is 11.1. The molecule has 1 aliphatic heterocycles. The van der Waals surface area contributed by atoms with Gasteiger partial charge in [-0.2, -0.15) is 0 Å². The van der Waals surface area contributed by atoms with Crippen LogP contribution >= 0.6 is 0 Å². The fourth-order valence-electron chi connectivity index (χ4n) is 4.88. The van der Waals surface area contributed by atoms with Gasteiger partial charge in [-0.1, -0.05) is 53.7 Å². The second-order valence-corrected chi connectivity index (χ2v) is 9.70. The molecule has 0 bridgehead atoms. The number of halogens is 1. The van der Waals surface area contributed by atoms with E-state index in [0.29, 0.717) is 33.8 Å². The maximum absolute atomic E-state index is 14.5. The summed E-state index contributed by atoms with van der Waals surface area (Å²) in [7, 11) is 0. The van der Waals surface area contributed by atoms with Crippen molar-refractivity contribution in [1.29, 1.82) is 0 Å². The van der Waals surface area contributed by atoms with Crippen molar-refractivity contribution >= 4 is 28.5 Å². The molecule has 0 spiro atoms. The molecule has 0 aliphatic carbocycles. The molecular formula is C31H26FN5O4. The van der Waals surface area contributed by atoms with Gasteiger partial charge in [0.2, 0.25) is 12.7 Å². The first-order valence-corrected chi connectivity index (χ1v) is 13.0. The van der Waals surface area contributed by atoms with Gasteiger partial charge in [0.1, 0.15) is 23.9 Å². The van der Waals surface area contributed by atoms with Gasteiger partial charge in [0, 0.05) is 18.3 Å². The summed E-state index contributed by atoms with van der Waals surface area (Å²) in [6.07, 6.45) is 0. The molecule has 6 rings (SSSR count). The van der Waals surface area contributed by atoms with Gasteiger partial charge in [0.15, 0.2) is 11.5 Å². The molecule has 1 aliphatic rings. The summed E-state index contributed by atoms with van der Waals surface area (Å²) in [6, 6.07) is 24.5. The number of hydrogen-bond donors (Lipinski definition) is 1. The Morgan fingerprint density at radius 3 is 2.63 bits per heavy atom. The lowest BCUT2D eigenvalue weighted by atomic mass is 10.0. The van der Waals surface area contributed by atoms with E-state index >= 15 is 0 Å². The van der Waals surface area contributed by atoms with Gasteiger partial charge in [0.05, 0.1) is 5.52 Å². The van der Waals surface area contributed by atoms with Gasteiger partial charge in [-0.25, -0.2) is 9.07 Å². The van der Waals surface area contributed by atoms with Crippen molar-refractivity contribution in [2.75, 3.05) is 12.1 Å². The molecule has 41 heavy (non-hydrogen) atoms. The third kappa shape index (κ3) is 5.44. The number of hydrogen-bond acceptors (Lipinski definition) is 6. The number of amides is 2. The highest BCUT2D eigenvalue weighted by molar-refractivity contribution is 5.98. The maximum atomic E-state index is 14.5. The first-order chi connectivity index (χ1) is 20.0. The largest absolute Gasteiger partial charge is 0.454 e.